The first-order valence-corrected chi connectivity index (χ1v) is 8.63. The third kappa shape index (κ3) is 4.21. The van der Waals surface area contributed by atoms with E-state index >= 15 is 0 Å². The van der Waals surface area contributed by atoms with Gasteiger partial charge in [0.25, 0.3) is 0 Å². The Morgan fingerprint density at radius 3 is 2.68 bits per heavy atom. The van der Waals surface area contributed by atoms with Gasteiger partial charge in [0.1, 0.15) is 12.4 Å². The summed E-state index contributed by atoms with van der Waals surface area (Å²) < 4.78 is 28.8. The number of hydrogen-bond acceptors (Lipinski definition) is 4. The lowest BCUT2D eigenvalue weighted by atomic mass is 10.2. The van der Waals surface area contributed by atoms with Gasteiger partial charge < -0.3 is 10.1 Å². The van der Waals surface area contributed by atoms with Crippen LogP contribution in [0.4, 0.5) is 0 Å². The van der Waals surface area contributed by atoms with E-state index in [9.17, 15) is 8.42 Å². The molecule has 4 nitrogen and oxygen atoms in total. The molecule has 0 aliphatic heterocycles. The molecule has 1 saturated carbocycles. The minimum atomic E-state index is -2.94. The highest BCUT2D eigenvalue weighted by Gasteiger charge is 2.34. The quantitative estimate of drug-likeness (QED) is 0.806. The van der Waals surface area contributed by atoms with Gasteiger partial charge in [-0.3, -0.25) is 0 Å². The van der Waals surface area contributed by atoms with Gasteiger partial charge in [-0.1, -0.05) is 24.6 Å². The van der Waals surface area contributed by atoms with E-state index in [-0.39, 0.29) is 11.3 Å². The summed E-state index contributed by atoms with van der Waals surface area (Å²) in [5.74, 6) is 0.843. The highest BCUT2D eigenvalue weighted by atomic mass is 32.2. The van der Waals surface area contributed by atoms with Crippen molar-refractivity contribution < 1.29 is 13.2 Å². The second-order valence-electron chi connectivity index (χ2n) is 5.02. The Kier molecular flexibility index (Phi) is 4.82. The van der Waals surface area contributed by atoms with Gasteiger partial charge in [-0.15, -0.1) is 0 Å². The van der Waals surface area contributed by atoms with E-state index in [0.29, 0.717) is 13.2 Å². The van der Waals surface area contributed by atoms with Crippen molar-refractivity contribution in [3.63, 3.8) is 0 Å². The van der Waals surface area contributed by atoms with Crippen molar-refractivity contribution >= 4 is 9.84 Å². The first-order chi connectivity index (χ1) is 9.07. The number of sulfone groups is 1. The van der Waals surface area contributed by atoms with Gasteiger partial charge in [0.05, 0.1) is 5.25 Å². The third-order valence-electron chi connectivity index (χ3n) is 3.52. The smallest absolute Gasteiger partial charge is 0.151 e. The van der Waals surface area contributed by atoms with E-state index in [1.165, 1.54) is 6.26 Å². The molecule has 1 fully saturated rings. The standard InChI is InChI=1S/C14H21NO3S/c1-19(16,17)14-9-5-8-13(14)15-10-11-18-12-6-3-2-4-7-12/h2-4,6-7,13-15H,5,8-11H2,1H3. The fourth-order valence-corrected chi connectivity index (χ4v) is 4.03. The lowest BCUT2D eigenvalue weighted by molar-refractivity contribution is 0.305. The van der Waals surface area contributed by atoms with E-state index < -0.39 is 9.84 Å². The van der Waals surface area contributed by atoms with E-state index in [1.807, 2.05) is 30.3 Å². The van der Waals surface area contributed by atoms with Crippen LogP contribution >= 0.6 is 0 Å². The monoisotopic (exact) mass is 283 g/mol. The molecule has 5 heteroatoms. The third-order valence-corrected chi connectivity index (χ3v) is 5.19. The first-order valence-electron chi connectivity index (χ1n) is 6.67. The van der Waals surface area contributed by atoms with Crippen LogP contribution in [0.25, 0.3) is 0 Å². The molecule has 1 N–H and O–H groups in total. The largest absolute Gasteiger partial charge is 0.492 e. The van der Waals surface area contributed by atoms with Crippen molar-refractivity contribution in [1.82, 2.24) is 5.32 Å². The molecule has 2 rings (SSSR count). The van der Waals surface area contributed by atoms with Gasteiger partial charge >= 0.3 is 0 Å². The van der Waals surface area contributed by atoms with Gasteiger partial charge in [0, 0.05) is 18.8 Å². The van der Waals surface area contributed by atoms with Crippen LogP contribution in [0, 0.1) is 0 Å². The summed E-state index contributed by atoms with van der Waals surface area (Å²) >= 11 is 0. The summed E-state index contributed by atoms with van der Waals surface area (Å²) in [6.07, 6.45) is 4.02. The maximum Gasteiger partial charge on any atom is 0.151 e. The summed E-state index contributed by atoms with van der Waals surface area (Å²) in [7, 11) is -2.94. The number of rotatable bonds is 6. The molecule has 1 aromatic rings. The van der Waals surface area contributed by atoms with Crippen molar-refractivity contribution in [2.24, 2.45) is 0 Å². The van der Waals surface area contributed by atoms with Crippen molar-refractivity contribution in [3.8, 4) is 5.75 Å². The first kappa shape index (κ1) is 14.3. The molecule has 2 unspecified atom stereocenters. The van der Waals surface area contributed by atoms with Crippen LogP contribution in [0.15, 0.2) is 30.3 Å². The molecular formula is C14H21NO3S. The normalized spacial score (nSPS) is 23.4. The molecule has 0 saturated heterocycles. The summed E-state index contributed by atoms with van der Waals surface area (Å²) in [5.41, 5.74) is 0. The molecule has 0 aromatic heterocycles. The Morgan fingerprint density at radius 2 is 2.00 bits per heavy atom. The number of hydrogen-bond donors (Lipinski definition) is 1. The Hall–Kier alpha value is -1.07. The number of nitrogens with one attached hydrogen (secondary N) is 1. The van der Waals surface area contributed by atoms with Crippen LogP contribution in [-0.2, 0) is 9.84 Å². The molecule has 106 valence electrons. The predicted octanol–water partition coefficient (Wildman–Crippen LogP) is 1.62. The second kappa shape index (κ2) is 6.39. The molecule has 1 aromatic carbocycles. The Balaban J connectivity index is 1.74. The molecule has 0 heterocycles. The number of ether oxygens (including phenoxy) is 1. The van der Waals surface area contributed by atoms with Crippen LogP contribution in [0.3, 0.4) is 0 Å². The van der Waals surface area contributed by atoms with Gasteiger partial charge in [-0.25, -0.2) is 8.42 Å². The summed E-state index contributed by atoms with van der Waals surface area (Å²) in [6, 6.07) is 9.71. The summed E-state index contributed by atoms with van der Waals surface area (Å²) in [5, 5.41) is 3.07. The van der Waals surface area contributed by atoms with Gasteiger partial charge in [0.2, 0.25) is 0 Å². The van der Waals surface area contributed by atoms with Crippen LogP contribution in [0.5, 0.6) is 5.75 Å². The fourth-order valence-electron chi connectivity index (χ4n) is 2.60. The fraction of sp³-hybridized carbons (Fsp3) is 0.571. The Morgan fingerprint density at radius 1 is 1.26 bits per heavy atom. The van der Waals surface area contributed by atoms with E-state index in [2.05, 4.69) is 5.32 Å². The minimum absolute atomic E-state index is 0.0781. The van der Waals surface area contributed by atoms with Gasteiger partial charge in [-0.2, -0.15) is 0 Å². The van der Waals surface area contributed by atoms with Crippen molar-refractivity contribution in [2.75, 3.05) is 19.4 Å². The second-order valence-corrected chi connectivity index (χ2v) is 7.29. The molecule has 2 atom stereocenters. The van der Waals surface area contributed by atoms with Gasteiger partial charge in [0.15, 0.2) is 9.84 Å². The molecule has 0 amide bonds. The highest BCUT2D eigenvalue weighted by molar-refractivity contribution is 7.91. The molecule has 19 heavy (non-hydrogen) atoms. The zero-order valence-electron chi connectivity index (χ0n) is 11.2. The average molecular weight is 283 g/mol. The lowest BCUT2D eigenvalue weighted by Crippen LogP contribution is -2.41. The van der Waals surface area contributed by atoms with Crippen LogP contribution in [0.1, 0.15) is 19.3 Å². The van der Waals surface area contributed by atoms with Gasteiger partial charge in [-0.05, 0) is 25.0 Å². The zero-order valence-corrected chi connectivity index (χ0v) is 12.0. The minimum Gasteiger partial charge on any atom is -0.492 e. The van der Waals surface area contributed by atoms with Crippen LogP contribution in [0.2, 0.25) is 0 Å². The maximum atomic E-state index is 11.6. The molecule has 0 bridgehead atoms. The summed E-state index contributed by atoms with van der Waals surface area (Å²) in [6.45, 7) is 1.22. The molecule has 1 aliphatic rings. The van der Waals surface area contributed by atoms with E-state index in [1.54, 1.807) is 0 Å². The maximum absolute atomic E-state index is 11.6. The SMILES string of the molecule is CS(=O)(=O)C1CCCC1NCCOc1ccccc1. The molecule has 0 radical (unpaired) electrons. The molecule has 1 aliphatic carbocycles. The van der Waals surface area contributed by atoms with E-state index in [4.69, 9.17) is 4.74 Å². The van der Waals surface area contributed by atoms with Crippen molar-refractivity contribution in [2.45, 2.75) is 30.6 Å². The molecular weight excluding hydrogens is 262 g/mol. The number of para-hydroxylation sites is 1. The summed E-state index contributed by atoms with van der Waals surface area (Å²) in [4.78, 5) is 0. The topological polar surface area (TPSA) is 55.4 Å². The highest BCUT2D eigenvalue weighted by Crippen LogP contribution is 2.24. The van der Waals surface area contributed by atoms with Crippen molar-refractivity contribution in [1.29, 1.82) is 0 Å². The lowest BCUT2D eigenvalue weighted by Gasteiger charge is -2.19. The van der Waals surface area contributed by atoms with Crippen LogP contribution < -0.4 is 10.1 Å². The van der Waals surface area contributed by atoms with Crippen LogP contribution in [-0.4, -0.2) is 39.1 Å². The van der Waals surface area contributed by atoms with Crippen molar-refractivity contribution in [3.05, 3.63) is 30.3 Å². The predicted molar refractivity (Wildman–Crippen MR) is 76.2 cm³/mol. The zero-order chi connectivity index (χ0) is 13.7. The Bertz CT molecular complexity index is 487. The van der Waals surface area contributed by atoms with E-state index in [0.717, 1.165) is 25.0 Å². The number of benzene rings is 1. The Labute approximate surface area is 115 Å². The molecule has 0 spiro atoms. The average Bonchev–Trinajstić information content (AvgIpc) is 2.84.